The molecule has 0 atom stereocenters. The van der Waals surface area contributed by atoms with Crippen molar-refractivity contribution in [3.05, 3.63) is 34.4 Å². The van der Waals surface area contributed by atoms with E-state index in [1.54, 1.807) is 0 Å². The van der Waals surface area contributed by atoms with Crippen molar-refractivity contribution in [2.45, 2.75) is 57.7 Å². The van der Waals surface area contributed by atoms with Crippen LogP contribution in [0.2, 0.25) is 0 Å². The fourth-order valence-corrected chi connectivity index (χ4v) is 4.05. The van der Waals surface area contributed by atoms with E-state index in [0.29, 0.717) is 4.75 Å². The average molecular weight is 277 g/mol. The molecule has 0 bridgehead atoms. The van der Waals surface area contributed by atoms with Crippen LogP contribution in [0.3, 0.4) is 0 Å². The summed E-state index contributed by atoms with van der Waals surface area (Å²) in [5, 5.41) is 3.70. The van der Waals surface area contributed by atoms with Crippen LogP contribution < -0.4 is 5.32 Å². The summed E-state index contributed by atoms with van der Waals surface area (Å²) in [5.41, 5.74) is 5.68. The van der Waals surface area contributed by atoms with E-state index >= 15 is 0 Å². The molecule has 0 aliphatic heterocycles. The molecule has 1 aromatic carbocycles. The smallest absolute Gasteiger partial charge is 0.0281 e. The predicted octanol–water partition coefficient (Wildman–Crippen LogP) is 4.38. The maximum absolute atomic E-state index is 3.70. The van der Waals surface area contributed by atoms with Gasteiger partial charge in [-0.15, -0.1) is 0 Å². The van der Waals surface area contributed by atoms with Crippen LogP contribution in [0.15, 0.2) is 12.1 Å². The minimum Gasteiger partial charge on any atom is -0.311 e. The van der Waals surface area contributed by atoms with Gasteiger partial charge in [-0.2, -0.15) is 11.8 Å². The molecule has 1 saturated carbocycles. The number of thioether (sulfide) groups is 1. The molecule has 0 aromatic heterocycles. The van der Waals surface area contributed by atoms with Crippen molar-refractivity contribution in [2.75, 3.05) is 12.8 Å². The number of hydrogen-bond donors (Lipinski definition) is 1. The fourth-order valence-electron chi connectivity index (χ4n) is 3.11. The molecule has 0 spiro atoms. The van der Waals surface area contributed by atoms with Gasteiger partial charge in [-0.3, -0.25) is 0 Å². The molecular formula is C17H27NS. The molecule has 19 heavy (non-hydrogen) atoms. The molecule has 106 valence electrons. The van der Waals surface area contributed by atoms with E-state index in [1.165, 1.54) is 47.9 Å². The van der Waals surface area contributed by atoms with E-state index in [0.717, 1.165) is 13.1 Å². The summed E-state index contributed by atoms with van der Waals surface area (Å²) >= 11 is 2.06. The maximum Gasteiger partial charge on any atom is 0.0281 e. The lowest BCUT2D eigenvalue weighted by Crippen LogP contribution is -2.34. The molecular weight excluding hydrogens is 250 g/mol. The Labute approximate surface area is 122 Å². The topological polar surface area (TPSA) is 12.0 Å². The van der Waals surface area contributed by atoms with E-state index < -0.39 is 0 Å². The van der Waals surface area contributed by atoms with Crippen molar-refractivity contribution < 1.29 is 0 Å². The first-order valence-electron chi connectivity index (χ1n) is 7.39. The van der Waals surface area contributed by atoms with Gasteiger partial charge in [0, 0.05) is 17.8 Å². The Bertz CT molecular complexity index is 433. The van der Waals surface area contributed by atoms with E-state index in [4.69, 9.17) is 0 Å². The van der Waals surface area contributed by atoms with Crippen molar-refractivity contribution >= 4 is 11.8 Å². The molecule has 0 amide bonds. The highest BCUT2D eigenvalue weighted by Gasteiger charge is 2.32. The third-order valence-electron chi connectivity index (χ3n) is 4.66. The first-order chi connectivity index (χ1) is 9.06. The highest BCUT2D eigenvalue weighted by molar-refractivity contribution is 8.00. The van der Waals surface area contributed by atoms with Crippen LogP contribution >= 0.6 is 11.8 Å². The first kappa shape index (κ1) is 14.9. The Balaban J connectivity index is 1.94. The van der Waals surface area contributed by atoms with Crippen molar-refractivity contribution in [3.63, 3.8) is 0 Å². The first-order valence-corrected chi connectivity index (χ1v) is 8.61. The summed E-state index contributed by atoms with van der Waals surface area (Å²) in [5.74, 6) is 0. The summed E-state index contributed by atoms with van der Waals surface area (Å²) in [6.07, 6.45) is 7.85. The van der Waals surface area contributed by atoms with Crippen molar-refractivity contribution in [1.29, 1.82) is 0 Å². The second-order valence-corrected chi connectivity index (χ2v) is 7.34. The van der Waals surface area contributed by atoms with Gasteiger partial charge >= 0.3 is 0 Å². The number of benzene rings is 1. The third kappa shape index (κ3) is 3.55. The molecule has 1 aromatic rings. The van der Waals surface area contributed by atoms with Gasteiger partial charge < -0.3 is 5.32 Å². The van der Waals surface area contributed by atoms with Crippen LogP contribution in [-0.2, 0) is 6.54 Å². The molecule has 0 radical (unpaired) electrons. The molecule has 0 saturated heterocycles. The van der Waals surface area contributed by atoms with E-state index in [2.05, 4.69) is 56.2 Å². The molecule has 1 fully saturated rings. The predicted molar refractivity (Wildman–Crippen MR) is 87.1 cm³/mol. The van der Waals surface area contributed by atoms with Crippen LogP contribution in [0, 0.1) is 20.8 Å². The summed E-state index contributed by atoms with van der Waals surface area (Å²) in [6.45, 7) is 8.79. The summed E-state index contributed by atoms with van der Waals surface area (Å²) < 4.78 is 0.508. The zero-order chi connectivity index (χ0) is 13.9. The Morgan fingerprint density at radius 1 is 1.05 bits per heavy atom. The lowest BCUT2D eigenvalue weighted by atomic mass is 10.0. The summed E-state index contributed by atoms with van der Waals surface area (Å²) in [4.78, 5) is 0. The van der Waals surface area contributed by atoms with E-state index in [1.807, 2.05) is 0 Å². The molecule has 0 heterocycles. The highest BCUT2D eigenvalue weighted by atomic mass is 32.2. The van der Waals surface area contributed by atoms with Gasteiger partial charge in [0.2, 0.25) is 0 Å². The van der Waals surface area contributed by atoms with E-state index in [9.17, 15) is 0 Å². The van der Waals surface area contributed by atoms with Crippen molar-refractivity contribution in [1.82, 2.24) is 5.32 Å². The van der Waals surface area contributed by atoms with E-state index in [-0.39, 0.29) is 0 Å². The second-order valence-electron chi connectivity index (χ2n) is 6.06. The summed E-state index contributed by atoms with van der Waals surface area (Å²) in [7, 11) is 0. The number of hydrogen-bond acceptors (Lipinski definition) is 2. The van der Waals surface area contributed by atoms with Gasteiger partial charge in [0.25, 0.3) is 0 Å². The molecule has 1 aliphatic carbocycles. The third-order valence-corrected chi connectivity index (χ3v) is 6.08. The minimum absolute atomic E-state index is 0.508. The number of rotatable bonds is 5. The van der Waals surface area contributed by atoms with Gasteiger partial charge in [-0.25, -0.2) is 0 Å². The molecule has 1 nitrogen and oxygen atoms in total. The highest BCUT2D eigenvalue weighted by Crippen LogP contribution is 2.39. The normalized spacial score (nSPS) is 17.9. The standard InChI is InChI=1S/C17H27NS/c1-13-9-15(3)16(10-14(13)2)11-18-12-17(19-4)7-5-6-8-17/h9-10,18H,5-8,11-12H2,1-4H3. The van der Waals surface area contributed by atoms with Crippen molar-refractivity contribution in [3.8, 4) is 0 Å². The zero-order valence-electron chi connectivity index (χ0n) is 12.8. The SMILES string of the molecule is CSC1(CNCc2cc(C)c(C)cc2C)CCCC1. The number of nitrogens with one attached hydrogen (secondary N) is 1. The quantitative estimate of drug-likeness (QED) is 0.857. The summed E-state index contributed by atoms with van der Waals surface area (Å²) in [6, 6.07) is 4.66. The lowest BCUT2D eigenvalue weighted by Gasteiger charge is -2.27. The minimum atomic E-state index is 0.508. The maximum atomic E-state index is 3.70. The van der Waals surface area contributed by atoms with Gasteiger partial charge in [0.05, 0.1) is 0 Å². The molecule has 2 rings (SSSR count). The Morgan fingerprint density at radius 3 is 2.32 bits per heavy atom. The molecule has 0 unspecified atom stereocenters. The molecule has 2 heteroatoms. The fraction of sp³-hybridized carbons (Fsp3) is 0.647. The van der Waals surface area contributed by atoms with Crippen molar-refractivity contribution in [2.24, 2.45) is 0 Å². The van der Waals surface area contributed by atoms with Crippen LogP contribution in [0.4, 0.5) is 0 Å². The Hall–Kier alpha value is -0.470. The van der Waals surface area contributed by atoms with Crippen LogP contribution in [0.25, 0.3) is 0 Å². The largest absolute Gasteiger partial charge is 0.311 e. The Kier molecular flexibility index (Phi) is 4.97. The van der Waals surface area contributed by atoms with Gasteiger partial charge in [0.15, 0.2) is 0 Å². The lowest BCUT2D eigenvalue weighted by molar-refractivity contribution is 0.533. The monoisotopic (exact) mass is 277 g/mol. The molecule has 1 N–H and O–H groups in total. The molecule has 1 aliphatic rings. The van der Waals surface area contributed by atoms with Crippen LogP contribution in [0.5, 0.6) is 0 Å². The Morgan fingerprint density at radius 2 is 1.68 bits per heavy atom. The average Bonchev–Trinajstić information content (AvgIpc) is 2.85. The zero-order valence-corrected chi connectivity index (χ0v) is 13.6. The van der Waals surface area contributed by atoms with Gasteiger partial charge in [-0.05, 0) is 62.1 Å². The van der Waals surface area contributed by atoms with Gasteiger partial charge in [-0.1, -0.05) is 25.0 Å². The number of aryl methyl sites for hydroxylation is 3. The van der Waals surface area contributed by atoms with Gasteiger partial charge in [0.1, 0.15) is 0 Å². The second kappa shape index (κ2) is 6.32. The van der Waals surface area contributed by atoms with Crippen LogP contribution in [0.1, 0.15) is 47.9 Å². The van der Waals surface area contributed by atoms with Crippen LogP contribution in [-0.4, -0.2) is 17.5 Å².